The van der Waals surface area contributed by atoms with Gasteiger partial charge in [-0.1, -0.05) is 155 Å². The van der Waals surface area contributed by atoms with Gasteiger partial charge in [-0.3, -0.25) is 0 Å². The molecule has 0 saturated carbocycles. The van der Waals surface area contributed by atoms with Crippen LogP contribution < -0.4 is 0 Å². The maximum atomic E-state index is 4.95. The SMILES string of the molecule is CCCCCCCCCCCCCCc1c(CCCCCCCCCCCCCC)c(-c2cc3sc(C)cc3s2)c2nsnc2c1C. The third-order valence-corrected chi connectivity index (χ3v) is 13.1. The Morgan fingerprint density at radius 3 is 1.38 bits per heavy atom. The van der Waals surface area contributed by atoms with Gasteiger partial charge in [-0.15, -0.1) is 22.7 Å². The Morgan fingerprint density at radius 1 is 0.468 bits per heavy atom. The van der Waals surface area contributed by atoms with Gasteiger partial charge >= 0.3 is 0 Å². The normalized spacial score (nSPS) is 11.9. The molecule has 0 aliphatic rings. The van der Waals surface area contributed by atoms with E-state index in [0.29, 0.717) is 0 Å². The summed E-state index contributed by atoms with van der Waals surface area (Å²) in [6.45, 7) is 9.19. The van der Waals surface area contributed by atoms with Crippen LogP contribution in [0.3, 0.4) is 0 Å². The minimum absolute atomic E-state index is 1.16. The fraction of sp³-hybridized carbons (Fsp3) is 0.714. The van der Waals surface area contributed by atoms with Crippen molar-refractivity contribution in [2.75, 3.05) is 0 Å². The van der Waals surface area contributed by atoms with Crippen LogP contribution in [0.4, 0.5) is 0 Å². The second-order valence-electron chi connectivity index (χ2n) is 14.4. The molecule has 0 unspecified atom stereocenters. The molecule has 0 aliphatic carbocycles. The van der Waals surface area contributed by atoms with Gasteiger partial charge in [-0.05, 0) is 68.4 Å². The van der Waals surface area contributed by atoms with Gasteiger partial charge in [0.15, 0.2) is 0 Å². The standard InChI is InChI=1S/C42H66N2S3/c1-5-7-9-11-13-15-17-19-21-23-25-27-29-35-34(4)41-42(44-47-43-41)40(39-32-38-37(46-39)31-33(3)45-38)36(35)30-28-26-24-22-20-18-16-14-12-10-8-6-2/h31-32H,5-30H2,1-4H3. The van der Waals surface area contributed by atoms with E-state index in [1.54, 1.807) is 11.1 Å². The van der Waals surface area contributed by atoms with Crippen LogP contribution in [-0.2, 0) is 12.8 Å². The van der Waals surface area contributed by atoms with Crippen molar-refractivity contribution in [2.24, 2.45) is 0 Å². The van der Waals surface area contributed by atoms with Crippen molar-refractivity contribution in [3.8, 4) is 10.4 Å². The van der Waals surface area contributed by atoms with Crippen LogP contribution in [0.2, 0.25) is 0 Å². The maximum Gasteiger partial charge on any atom is 0.113 e. The van der Waals surface area contributed by atoms with E-state index in [0.717, 1.165) is 11.0 Å². The summed E-state index contributed by atoms with van der Waals surface area (Å²) in [5.74, 6) is 0. The van der Waals surface area contributed by atoms with Gasteiger partial charge in [0.25, 0.3) is 0 Å². The van der Waals surface area contributed by atoms with E-state index in [1.807, 2.05) is 22.7 Å². The molecule has 262 valence electrons. The van der Waals surface area contributed by atoms with Crippen LogP contribution in [0.25, 0.3) is 30.9 Å². The van der Waals surface area contributed by atoms with Crippen LogP contribution >= 0.6 is 34.4 Å². The molecule has 0 bridgehead atoms. The van der Waals surface area contributed by atoms with Gasteiger partial charge in [-0.2, -0.15) is 8.75 Å². The zero-order valence-electron chi connectivity index (χ0n) is 30.7. The molecule has 0 fully saturated rings. The van der Waals surface area contributed by atoms with Crippen molar-refractivity contribution < 1.29 is 0 Å². The highest BCUT2D eigenvalue weighted by molar-refractivity contribution is 7.29. The minimum Gasteiger partial charge on any atom is -0.173 e. The molecule has 0 saturated heterocycles. The molecular weight excluding hydrogens is 629 g/mol. The van der Waals surface area contributed by atoms with Crippen molar-refractivity contribution in [3.63, 3.8) is 0 Å². The smallest absolute Gasteiger partial charge is 0.113 e. The Balaban J connectivity index is 1.35. The first-order valence-electron chi connectivity index (χ1n) is 19.9. The molecule has 47 heavy (non-hydrogen) atoms. The summed E-state index contributed by atoms with van der Waals surface area (Å²) in [5.41, 5.74) is 8.34. The molecule has 3 heterocycles. The number of aromatic nitrogens is 2. The summed E-state index contributed by atoms with van der Waals surface area (Å²) < 4.78 is 12.7. The average molecular weight is 695 g/mol. The number of hydrogen-bond donors (Lipinski definition) is 0. The van der Waals surface area contributed by atoms with Crippen molar-refractivity contribution in [2.45, 2.75) is 195 Å². The summed E-state index contributed by atoms with van der Waals surface area (Å²) in [5, 5.41) is 0. The molecule has 0 spiro atoms. The maximum absolute atomic E-state index is 4.95. The Hall–Kier alpha value is -1.30. The van der Waals surface area contributed by atoms with Crippen molar-refractivity contribution >= 4 is 54.8 Å². The lowest BCUT2D eigenvalue weighted by molar-refractivity contribution is 0.542. The number of thiophene rings is 2. The molecule has 4 aromatic rings. The number of unbranched alkanes of at least 4 members (excludes halogenated alkanes) is 22. The lowest BCUT2D eigenvalue weighted by Gasteiger charge is -2.18. The zero-order valence-corrected chi connectivity index (χ0v) is 33.1. The van der Waals surface area contributed by atoms with Crippen LogP contribution in [0, 0.1) is 13.8 Å². The number of aryl methyl sites for hydroxylation is 2. The predicted molar refractivity (Wildman–Crippen MR) is 215 cm³/mol. The highest BCUT2D eigenvalue weighted by Crippen LogP contribution is 2.44. The number of hydrogen-bond acceptors (Lipinski definition) is 5. The third-order valence-electron chi connectivity index (χ3n) is 10.3. The van der Waals surface area contributed by atoms with E-state index in [1.165, 1.54) is 209 Å². The molecule has 0 radical (unpaired) electrons. The lowest BCUT2D eigenvalue weighted by Crippen LogP contribution is -2.03. The fourth-order valence-corrected chi connectivity index (χ4v) is 10.5. The summed E-state index contributed by atoms with van der Waals surface area (Å²) in [4.78, 5) is 2.82. The predicted octanol–water partition coefficient (Wildman–Crippen LogP) is 15.7. The molecule has 0 N–H and O–H groups in total. The average Bonchev–Trinajstić information content (AvgIpc) is 3.79. The summed E-state index contributed by atoms with van der Waals surface area (Å²) in [7, 11) is 0. The van der Waals surface area contributed by atoms with Crippen LogP contribution in [0.5, 0.6) is 0 Å². The number of nitrogens with zero attached hydrogens (tertiary/aromatic N) is 2. The fourth-order valence-electron chi connectivity index (χ4n) is 7.51. The first-order valence-corrected chi connectivity index (χ1v) is 22.3. The van der Waals surface area contributed by atoms with E-state index < -0.39 is 0 Å². The Labute approximate surface area is 300 Å². The summed E-state index contributed by atoms with van der Waals surface area (Å²) >= 11 is 5.31. The Kier molecular flexibility index (Phi) is 18.4. The highest BCUT2D eigenvalue weighted by atomic mass is 32.1. The van der Waals surface area contributed by atoms with Gasteiger partial charge < -0.3 is 0 Å². The first-order chi connectivity index (χ1) is 23.1. The molecule has 1 aromatic carbocycles. The van der Waals surface area contributed by atoms with E-state index in [2.05, 4.69) is 39.8 Å². The third kappa shape index (κ3) is 12.5. The summed E-state index contributed by atoms with van der Waals surface area (Å²) in [6.07, 6.45) is 36.0. The van der Waals surface area contributed by atoms with Gasteiger partial charge in [0.1, 0.15) is 11.0 Å². The highest BCUT2D eigenvalue weighted by Gasteiger charge is 2.22. The van der Waals surface area contributed by atoms with Crippen molar-refractivity contribution in [3.05, 3.63) is 33.7 Å². The van der Waals surface area contributed by atoms with E-state index in [4.69, 9.17) is 8.75 Å². The van der Waals surface area contributed by atoms with Gasteiger partial charge in [0.05, 0.1) is 11.7 Å². The molecule has 4 rings (SSSR count). The summed E-state index contributed by atoms with van der Waals surface area (Å²) in [6, 6.07) is 4.83. The molecule has 2 nitrogen and oxygen atoms in total. The zero-order chi connectivity index (χ0) is 33.1. The van der Waals surface area contributed by atoms with Crippen LogP contribution in [0.15, 0.2) is 12.1 Å². The molecule has 0 amide bonds. The lowest BCUT2D eigenvalue weighted by atomic mass is 9.87. The van der Waals surface area contributed by atoms with E-state index >= 15 is 0 Å². The Morgan fingerprint density at radius 2 is 0.894 bits per heavy atom. The van der Waals surface area contributed by atoms with Crippen molar-refractivity contribution in [1.29, 1.82) is 0 Å². The van der Waals surface area contributed by atoms with E-state index in [-0.39, 0.29) is 0 Å². The second-order valence-corrected chi connectivity index (χ2v) is 17.3. The molecule has 0 atom stereocenters. The van der Waals surface area contributed by atoms with Crippen molar-refractivity contribution in [1.82, 2.24) is 8.75 Å². The van der Waals surface area contributed by atoms with Gasteiger partial charge in [-0.25, -0.2) is 0 Å². The minimum atomic E-state index is 1.16. The monoisotopic (exact) mass is 694 g/mol. The van der Waals surface area contributed by atoms with Gasteiger partial charge in [0, 0.05) is 24.7 Å². The van der Waals surface area contributed by atoms with Gasteiger partial charge in [0.2, 0.25) is 0 Å². The molecule has 3 aromatic heterocycles. The second kappa shape index (κ2) is 22.4. The Bertz CT molecular complexity index is 1380. The quantitative estimate of drug-likeness (QED) is 0.0581. The molecular formula is C42H66N2S3. The largest absolute Gasteiger partial charge is 0.173 e. The molecule has 0 aliphatic heterocycles. The molecule has 5 heteroatoms. The van der Waals surface area contributed by atoms with Crippen LogP contribution in [-0.4, -0.2) is 8.75 Å². The van der Waals surface area contributed by atoms with Crippen LogP contribution in [0.1, 0.15) is 190 Å². The number of fused-ring (bicyclic) bond motifs is 2. The topological polar surface area (TPSA) is 25.8 Å². The number of rotatable bonds is 27. The van der Waals surface area contributed by atoms with E-state index in [9.17, 15) is 0 Å². The number of benzene rings is 1. The first kappa shape index (κ1) is 38.5.